The van der Waals surface area contributed by atoms with E-state index < -0.39 is 5.60 Å². The Morgan fingerprint density at radius 3 is 2.47 bits per heavy atom. The van der Waals surface area contributed by atoms with Crippen molar-refractivity contribution in [2.24, 2.45) is 17.3 Å². The summed E-state index contributed by atoms with van der Waals surface area (Å²) >= 11 is 0. The number of hydrogen-bond acceptors (Lipinski definition) is 3. The van der Waals surface area contributed by atoms with Crippen molar-refractivity contribution >= 4 is 5.97 Å². The molecule has 2 unspecified atom stereocenters. The molecule has 0 aliphatic heterocycles. The normalized spacial score (nSPS) is 32.5. The van der Waals surface area contributed by atoms with Crippen LogP contribution in [0.15, 0.2) is 0 Å². The fraction of sp³-hybridized carbons (Fsp3) is 0.929. The second-order valence-electron chi connectivity index (χ2n) is 6.27. The van der Waals surface area contributed by atoms with Gasteiger partial charge in [0, 0.05) is 0 Å². The van der Waals surface area contributed by atoms with Crippen molar-refractivity contribution in [1.29, 1.82) is 0 Å². The lowest BCUT2D eigenvalue weighted by Gasteiger charge is -2.47. The summed E-state index contributed by atoms with van der Waals surface area (Å²) in [6.07, 6.45) is 2.08. The number of esters is 1. The van der Waals surface area contributed by atoms with Crippen LogP contribution in [0.3, 0.4) is 0 Å². The average molecular weight is 242 g/mol. The lowest BCUT2D eigenvalue weighted by molar-refractivity contribution is -0.162. The molecule has 0 saturated heterocycles. The zero-order valence-corrected chi connectivity index (χ0v) is 11.7. The van der Waals surface area contributed by atoms with Crippen LogP contribution in [-0.4, -0.2) is 23.3 Å². The summed E-state index contributed by atoms with van der Waals surface area (Å²) < 4.78 is 5.13. The van der Waals surface area contributed by atoms with Crippen molar-refractivity contribution in [2.45, 2.75) is 59.5 Å². The smallest absolute Gasteiger partial charge is 0.309 e. The molecular weight excluding hydrogens is 216 g/mol. The summed E-state index contributed by atoms with van der Waals surface area (Å²) in [6.45, 7) is 10.5. The van der Waals surface area contributed by atoms with Crippen molar-refractivity contribution in [1.82, 2.24) is 0 Å². The molecule has 0 aromatic heterocycles. The van der Waals surface area contributed by atoms with Gasteiger partial charge < -0.3 is 9.84 Å². The minimum atomic E-state index is -0.632. The Morgan fingerprint density at radius 2 is 2.06 bits per heavy atom. The largest absolute Gasteiger partial charge is 0.466 e. The Hall–Kier alpha value is -0.570. The highest BCUT2D eigenvalue weighted by Gasteiger charge is 2.48. The van der Waals surface area contributed by atoms with Crippen LogP contribution in [0.25, 0.3) is 0 Å². The minimum Gasteiger partial charge on any atom is -0.466 e. The van der Waals surface area contributed by atoms with E-state index in [0.717, 1.165) is 6.42 Å². The van der Waals surface area contributed by atoms with E-state index in [1.807, 2.05) is 20.8 Å². The Bertz CT molecular complexity index is 283. The standard InChI is InChI=1S/C14H26O3/c1-6-17-12(15)11-7-8-14(16,10(2)3)9-13(11,4)5/h10-11,16H,6-9H2,1-5H3. The van der Waals surface area contributed by atoms with Crippen LogP contribution in [0.5, 0.6) is 0 Å². The van der Waals surface area contributed by atoms with Gasteiger partial charge in [0.05, 0.1) is 18.1 Å². The van der Waals surface area contributed by atoms with Crippen LogP contribution in [0.4, 0.5) is 0 Å². The summed E-state index contributed by atoms with van der Waals surface area (Å²) in [7, 11) is 0. The third kappa shape index (κ3) is 3.01. The van der Waals surface area contributed by atoms with Crippen LogP contribution >= 0.6 is 0 Å². The predicted octanol–water partition coefficient (Wildman–Crippen LogP) is 2.76. The molecule has 0 spiro atoms. The molecule has 1 fully saturated rings. The number of aliphatic hydroxyl groups is 1. The Morgan fingerprint density at radius 1 is 1.47 bits per heavy atom. The van der Waals surface area contributed by atoms with Crippen molar-refractivity contribution in [3.05, 3.63) is 0 Å². The number of carbonyl (C=O) groups is 1. The summed E-state index contributed by atoms with van der Waals surface area (Å²) in [5.41, 5.74) is -0.823. The highest BCUT2D eigenvalue weighted by Crippen LogP contribution is 2.48. The first-order valence-electron chi connectivity index (χ1n) is 6.62. The van der Waals surface area contributed by atoms with Gasteiger partial charge in [0.25, 0.3) is 0 Å². The van der Waals surface area contributed by atoms with Crippen LogP contribution in [0, 0.1) is 17.3 Å². The maximum absolute atomic E-state index is 11.9. The van der Waals surface area contributed by atoms with Gasteiger partial charge in [-0.15, -0.1) is 0 Å². The average Bonchev–Trinajstić information content (AvgIpc) is 2.15. The molecule has 3 nitrogen and oxygen atoms in total. The third-order valence-corrected chi connectivity index (χ3v) is 4.22. The second kappa shape index (κ2) is 4.97. The molecule has 0 amide bonds. The molecule has 0 heterocycles. The molecular formula is C14H26O3. The fourth-order valence-electron chi connectivity index (χ4n) is 2.96. The van der Waals surface area contributed by atoms with Gasteiger partial charge in [-0.25, -0.2) is 0 Å². The molecule has 1 aliphatic carbocycles. The number of carbonyl (C=O) groups excluding carboxylic acids is 1. The number of rotatable bonds is 3. The quantitative estimate of drug-likeness (QED) is 0.774. The predicted molar refractivity (Wildman–Crippen MR) is 67.5 cm³/mol. The van der Waals surface area contributed by atoms with E-state index in [0.29, 0.717) is 19.4 Å². The van der Waals surface area contributed by atoms with Crippen LogP contribution < -0.4 is 0 Å². The molecule has 1 N–H and O–H groups in total. The van der Waals surface area contributed by atoms with Gasteiger partial charge in [0.1, 0.15) is 0 Å². The van der Waals surface area contributed by atoms with Crippen molar-refractivity contribution in [3.8, 4) is 0 Å². The van der Waals surface area contributed by atoms with Crippen LogP contribution in [0.2, 0.25) is 0 Å². The van der Waals surface area contributed by atoms with Gasteiger partial charge in [0.15, 0.2) is 0 Å². The molecule has 1 rings (SSSR count). The molecule has 1 aliphatic rings. The van der Waals surface area contributed by atoms with Gasteiger partial charge in [-0.1, -0.05) is 27.7 Å². The zero-order chi connectivity index (χ0) is 13.3. The molecule has 0 bridgehead atoms. The molecule has 0 aromatic carbocycles. The maximum Gasteiger partial charge on any atom is 0.309 e. The molecule has 2 atom stereocenters. The molecule has 0 aromatic rings. The molecule has 3 heteroatoms. The fourth-order valence-corrected chi connectivity index (χ4v) is 2.96. The van der Waals surface area contributed by atoms with Gasteiger partial charge in [0.2, 0.25) is 0 Å². The lowest BCUT2D eigenvalue weighted by atomic mass is 9.60. The van der Waals surface area contributed by atoms with E-state index in [4.69, 9.17) is 4.74 Å². The molecule has 17 heavy (non-hydrogen) atoms. The highest BCUT2D eigenvalue weighted by atomic mass is 16.5. The SMILES string of the molecule is CCOC(=O)C1CCC(O)(C(C)C)CC1(C)C. The van der Waals surface area contributed by atoms with Crippen LogP contribution in [-0.2, 0) is 9.53 Å². The van der Waals surface area contributed by atoms with Crippen molar-refractivity contribution < 1.29 is 14.6 Å². The molecule has 100 valence electrons. The number of ether oxygens (including phenoxy) is 1. The lowest BCUT2D eigenvalue weighted by Crippen LogP contribution is -2.49. The Kier molecular flexibility index (Phi) is 4.23. The topological polar surface area (TPSA) is 46.5 Å². The highest BCUT2D eigenvalue weighted by molar-refractivity contribution is 5.73. The molecule has 0 radical (unpaired) electrons. The van der Waals surface area contributed by atoms with Crippen molar-refractivity contribution in [3.63, 3.8) is 0 Å². The van der Waals surface area contributed by atoms with Crippen molar-refractivity contribution in [2.75, 3.05) is 6.61 Å². The zero-order valence-electron chi connectivity index (χ0n) is 11.7. The van der Waals surface area contributed by atoms with Gasteiger partial charge in [-0.3, -0.25) is 4.79 Å². The van der Waals surface area contributed by atoms with E-state index in [1.165, 1.54) is 0 Å². The first-order chi connectivity index (χ1) is 7.73. The Balaban J connectivity index is 2.80. The second-order valence-corrected chi connectivity index (χ2v) is 6.27. The van der Waals surface area contributed by atoms with Gasteiger partial charge >= 0.3 is 5.97 Å². The monoisotopic (exact) mass is 242 g/mol. The van der Waals surface area contributed by atoms with E-state index >= 15 is 0 Å². The Labute approximate surface area is 105 Å². The van der Waals surface area contributed by atoms with E-state index in [-0.39, 0.29) is 23.2 Å². The number of hydrogen-bond donors (Lipinski definition) is 1. The van der Waals surface area contributed by atoms with E-state index in [1.54, 1.807) is 0 Å². The first kappa shape index (κ1) is 14.5. The van der Waals surface area contributed by atoms with Gasteiger partial charge in [-0.2, -0.15) is 0 Å². The van der Waals surface area contributed by atoms with E-state index in [9.17, 15) is 9.90 Å². The molecule has 1 saturated carbocycles. The van der Waals surface area contributed by atoms with E-state index in [2.05, 4.69) is 13.8 Å². The summed E-state index contributed by atoms with van der Waals surface area (Å²) in [6, 6.07) is 0. The van der Waals surface area contributed by atoms with Gasteiger partial charge in [-0.05, 0) is 37.5 Å². The summed E-state index contributed by atoms with van der Waals surface area (Å²) in [5, 5.41) is 10.6. The van der Waals surface area contributed by atoms with Crippen LogP contribution in [0.1, 0.15) is 53.9 Å². The minimum absolute atomic E-state index is 0.0820. The third-order valence-electron chi connectivity index (χ3n) is 4.22. The first-order valence-corrected chi connectivity index (χ1v) is 6.62. The summed E-state index contributed by atoms with van der Waals surface area (Å²) in [4.78, 5) is 11.9. The summed E-state index contributed by atoms with van der Waals surface area (Å²) in [5.74, 6) is 0.0368. The maximum atomic E-state index is 11.9.